The van der Waals surface area contributed by atoms with Crippen LogP contribution in [0.25, 0.3) is 0 Å². The minimum Gasteiger partial charge on any atom is -0.373 e. The highest BCUT2D eigenvalue weighted by Crippen LogP contribution is 2.35. The first-order valence-corrected chi connectivity index (χ1v) is 9.91. The lowest BCUT2D eigenvalue weighted by molar-refractivity contribution is -0.0779. The minimum atomic E-state index is -3.18. The Morgan fingerprint density at radius 3 is 2.87 bits per heavy atom. The molecule has 0 radical (unpaired) electrons. The molecule has 2 fully saturated rings. The standard InChI is InChI=1S/C15H25N3O4S/c1-11-14(12(2)22-16-11)9-18-6-5-15(10-18)8-13(4-7-21-15)17-23(3,19)20/h13,17H,4-10H2,1-3H3/t13-,15-/m0/s1. The van der Waals surface area contributed by atoms with E-state index in [9.17, 15) is 8.42 Å². The summed E-state index contributed by atoms with van der Waals surface area (Å²) in [7, 11) is -3.18. The van der Waals surface area contributed by atoms with Crippen molar-refractivity contribution in [1.82, 2.24) is 14.8 Å². The minimum absolute atomic E-state index is 0.0298. The van der Waals surface area contributed by atoms with Crippen LogP contribution in [0.1, 0.15) is 36.3 Å². The largest absolute Gasteiger partial charge is 0.373 e. The van der Waals surface area contributed by atoms with Crippen molar-refractivity contribution < 1.29 is 17.7 Å². The van der Waals surface area contributed by atoms with Gasteiger partial charge in [-0.3, -0.25) is 4.90 Å². The molecule has 1 aromatic heterocycles. The van der Waals surface area contributed by atoms with E-state index >= 15 is 0 Å². The van der Waals surface area contributed by atoms with Crippen molar-refractivity contribution in [3.05, 3.63) is 17.0 Å². The number of rotatable bonds is 4. The molecule has 2 saturated heterocycles. The zero-order valence-electron chi connectivity index (χ0n) is 14.0. The van der Waals surface area contributed by atoms with Crippen LogP contribution >= 0.6 is 0 Å². The molecule has 2 atom stereocenters. The number of likely N-dealkylation sites (tertiary alicyclic amines) is 1. The summed E-state index contributed by atoms with van der Waals surface area (Å²) in [5.74, 6) is 0.865. The van der Waals surface area contributed by atoms with Crippen LogP contribution < -0.4 is 4.72 Å². The summed E-state index contributed by atoms with van der Waals surface area (Å²) in [4.78, 5) is 2.34. The van der Waals surface area contributed by atoms with Crippen LogP contribution in [0.5, 0.6) is 0 Å². The third-order valence-corrected chi connectivity index (χ3v) is 5.59. The first-order valence-electron chi connectivity index (χ1n) is 8.02. The van der Waals surface area contributed by atoms with E-state index in [1.165, 1.54) is 6.26 Å². The second-order valence-electron chi connectivity index (χ2n) is 6.87. The van der Waals surface area contributed by atoms with E-state index in [0.717, 1.165) is 55.9 Å². The Hall–Kier alpha value is -0.960. The highest BCUT2D eigenvalue weighted by atomic mass is 32.2. The van der Waals surface area contributed by atoms with E-state index in [0.29, 0.717) is 6.61 Å². The molecule has 8 heteroatoms. The average molecular weight is 343 g/mol. The van der Waals surface area contributed by atoms with Gasteiger partial charge in [0.05, 0.1) is 17.6 Å². The second-order valence-corrected chi connectivity index (χ2v) is 8.65. The lowest BCUT2D eigenvalue weighted by Gasteiger charge is -2.38. The maximum Gasteiger partial charge on any atom is 0.208 e. The smallest absolute Gasteiger partial charge is 0.208 e. The van der Waals surface area contributed by atoms with Crippen LogP contribution in [-0.2, 0) is 21.3 Å². The van der Waals surface area contributed by atoms with Gasteiger partial charge in [0.1, 0.15) is 5.76 Å². The third kappa shape index (κ3) is 3.93. The van der Waals surface area contributed by atoms with Crippen LogP contribution in [0.2, 0.25) is 0 Å². The number of aryl methyl sites for hydroxylation is 2. The van der Waals surface area contributed by atoms with Crippen LogP contribution in [0.4, 0.5) is 0 Å². The third-order valence-electron chi connectivity index (χ3n) is 4.83. The van der Waals surface area contributed by atoms with Gasteiger partial charge in [0.2, 0.25) is 10.0 Å². The summed E-state index contributed by atoms with van der Waals surface area (Å²) < 4.78 is 37.0. The van der Waals surface area contributed by atoms with E-state index < -0.39 is 10.0 Å². The number of ether oxygens (including phenoxy) is 1. The summed E-state index contributed by atoms with van der Waals surface area (Å²) in [5.41, 5.74) is 1.84. The molecule has 0 bridgehead atoms. The second kappa shape index (κ2) is 6.16. The Bertz CT molecular complexity index is 653. The number of nitrogens with one attached hydrogen (secondary N) is 1. The molecule has 2 aliphatic heterocycles. The quantitative estimate of drug-likeness (QED) is 0.877. The van der Waals surface area contributed by atoms with Gasteiger partial charge in [-0.25, -0.2) is 13.1 Å². The Morgan fingerprint density at radius 2 is 2.22 bits per heavy atom. The molecule has 1 spiro atoms. The highest BCUT2D eigenvalue weighted by Gasteiger charge is 2.43. The van der Waals surface area contributed by atoms with Crippen LogP contribution in [0.3, 0.4) is 0 Å². The molecule has 7 nitrogen and oxygen atoms in total. The molecule has 3 heterocycles. The van der Waals surface area contributed by atoms with E-state index in [-0.39, 0.29) is 11.6 Å². The molecule has 3 rings (SSSR count). The van der Waals surface area contributed by atoms with Crippen molar-refractivity contribution in [3.8, 4) is 0 Å². The molecule has 0 aromatic carbocycles. The van der Waals surface area contributed by atoms with Gasteiger partial charge in [-0.1, -0.05) is 5.16 Å². The first-order chi connectivity index (χ1) is 10.8. The molecule has 0 saturated carbocycles. The van der Waals surface area contributed by atoms with Gasteiger partial charge < -0.3 is 9.26 Å². The van der Waals surface area contributed by atoms with E-state index in [4.69, 9.17) is 9.26 Å². The summed E-state index contributed by atoms with van der Waals surface area (Å²) in [6, 6.07) is -0.0298. The Balaban J connectivity index is 1.64. The number of hydrogen-bond acceptors (Lipinski definition) is 6. The number of sulfonamides is 1. The number of hydrogen-bond donors (Lipinski definition) is 1. The molecule has 0 aliphatic carbocycles. The Morgan fingerprint density at radius 1 is 1.43 bits per heavy atom. The van der Waals surface area contributed by atoms with Crippen molar-refractivity contribution in [2.75, 3.05) is 26.0 Å². The van der Waals surface area contributed by atoms with Gasteiger partial charge in [0.15, 0.2) is 0 Å². The number of nitrogens with zero attached hydrogens (tertiary/aromatic N) is 2. The predicted octanol–water partition coefficient (Wildman–Crippen LogP) is 0.964. The number of aromatic nitrogens is 1. The van der Waals surface area contributed by atoms with Crippen molar-refractivity contribution in [2.45, 2.75) is 51.3 Å². The van der Waals surface area contributed by atoms with Crippen molar-refractivity contribution in [2.24, 2.45) is 0 Å². The fraction of sp³-hybridized carbons (Fsp3) is 0.800. The van der Waals surface area contributed by atoms with Crippen LogP contribution in [0.15, 0.2) is 4.52 Å². The Labute approximate surface area is 137 Å². The molecule has 23 heavy (non-hydrogen) atoms. The summed E-state index contributed by atoms with van der Waals surface area (Å²) in [6.45, 7) is 7.06. The fourth-order valence-corrected chi connectivity index (χ4v) is 4.54. The molecular weight excluding hydrogens is 318 g/mol. The van der Waals surface area contributed by atoms with Gasteiger partial charge in [-0.2, -0.15) is 0 Å². The van der Waals surface area contributed by atoms with E-state index in [1.807, 2.05) is 13.8 Å². The lowest BCUT2D eigenvalue weighted by Crippen LogP contribution is -2.49. The SMILES string of the molecule is Cc1noc(C)c1CN1CC[C@]2(C[C@@H](NS(C)(=O)=O)CCO2)C1. The topological polar surface area (TPSA) is 84.7 Å². The molecular formula is C15H25N3O4S. The van der Waals surface area contributed by atoms with Gasteiger partial charge >= 0.3 is 0 Å². The normalized spacial score (nSPS) is 29.4. The highest BCUT2D eigenvalue weighted by molar-refractivity contribution is 7.88. The maximum absolute atomic E-state index is 11.5. The zero-order valence-corrected chi connectivity index (χ0v) is 14.8. The van der Waals surface area contributed by atoms with Gasteiger partial charge in [-0.15, -0.1) is 0 Å². The first kappa shape index (κ1) is 16.9. The maximum atomic E-state index is 11.5. The Kier molecular flexibility index (Phi) is 4.52. The zero-order chi connectivity index (χ0) is 16.7. The van der Waals surface area contributed by atoms with E-state index in [2.05, 4.69) is 14.8 Å². The molecule has 1 aromatic rings. The molecule has 0 unspecified atom stereocenters. The van der Waals surface area contributed by atoms with Crippen molar-refractivity contribution >= 4 is 10.0 Å². The van der Waals surface area contributed by atoms with Crippen LogP contribution in [0, 0.1) is 13.8 Å². The van der Waals surface area contributed by atoms with Crippen LogP contribution in [-0.4, -0.2) is 56.1 Å². The average Bonchev–Trinajstić information content (AvgIpc) is 2.96. The predicted molar refractivity (Wildman–Crippen MR) is 85.6 cm³/mol. The molecule has 1 N–H and O–H groups in total. The molecule has 0 amide bonds. The van der Waals surface area contributed by atoms with Crippen molar-refractivity contribution in [3.63, 3.8) is 0 Å². The molecule has 2 aliphatic rings. The van der Waals surface area contributed by atoms with Gasteiger partial charge in [0, 0.05) is 37.8 Å². The monoisotopic (exact) mass is 343 g/mol. The summed E-state index contributed by atoms with van der Waals surface area (Å²) in [5, 5.41) is 4.00. The van der Waals surface area contributed by atoms with E-state index in [1.54, 1.807) is 0 Å². The molecule has 130 valence electrons. The van der Waals surface area contributed by atoms with Gasteiger partial charge in [-0.05, 0) is 33.1 Å². The summed E-state index contributed by atoms with van der Waals surface area (Å²) >= 11 is 0. The lowest BCUT2D eigenvalue weighted by atomic mass is 9.90. The van der Waals surface area contributed by atoms with Crippen molar-refractivity contribution in [1.29, 1.82) is 0 Å². The van der Waals surface area contributed by atoms with Gasteiger partial charge in [0.25, 0.3) is 0 Å². The summed E-state index contributed by atoms with van der Waals surface area (Å²) in [6.07, 6.45) is 3.61. The fourth-order valence-electron chi connectivity index (χ4n) is 3.73.